The third kappa shape index (κ3) is 3.42. The molecule has 0 aliphatic heterocycles. The van der Waals surface area contributed by atoms with Gasteiger partial charge in [-0.2, -0.15) is 0 Å². The molecule has 4 aromatic rings. The zero-order valence-corrected chi connectivity index (χ0v) is 16.0. The summed E-state index contributed by atoms with van der Waals surface area (Å²) in [5.74, 6) is 0.832. The van der Waals surface area contributed by atoms with Gasteiger partial charge in [0, 0.05) is 30.1 Å². The molecular weight excluding hydrogens is 369 g/mol. The van der Waals surface area contributed by atoms with E-state index in [1.807, 2.05) is 24.4 Å². The smallest absolute Gasteiger partial charge is 0.255 e. The molecule has 0 unspecified atom stereocenters. The number of halogens is 1. The maximum atomic E-state index is 13.0. The van der Waals surface area contributed by atoms with Crippen LogP contribution >= 0.6 is 0 Å². The van der Waals surface area contributed by atoms with E-state index in [1.165, 1.54) is 30.7 Å². The van der Waals surface area contributed by atoms with Gasteiger partial charge in [0.2, 0.25) is 0 Å². The van der Waals surface area contributed by atoms with Crippen LogP contribution in [-0.2, 0) is 6.61 Å². The summed E-state index contributed by atoms with van der Waals surface area (Å²) in [5.41, 5.74) is 4.63. The Morgan fingerprint density at radius 3 is 2.66 bits per heavy atom. The van der Waals surface area contributed by atoms with Gasteiger partial charge in [-0.3, -0.25) is 9.36 Å². The molecule has 1 aliphatic carbocycles. The van der Waals surface area contributed by atoms with E-state index in [0.29, 0.717) is 11.7 Å². The first kappa shape index (κ1) is 17.7. The number of hydrogen-bond donors (Lipinski definition) is 0. The Morgan fingerprint density at radius 2 is 1.93 bits per heavy atom. The van der Waals surface area contributed by atoms with Crippen molar-refractivity contribution in [1.29, 1.82) is 0 Å². The molecule has 146 valence electrons. The van der Waals surface area contributed by atoms with Crippen LogP contribution in [0.2, 0.25) is 0 Å². The number of nitrogens with zero attached hydrogens (tertiary/aromatic N) is 3. The van der Waals surface area contributed by atoms with E-state index in [0.717, 1.165) is 22.6 Å². The maximum Gasteiger partial charge on any atom is 0.255 e. The largest absolute Gasteiger partial charge is 0.489 e. The second kappa shape index (κ2) is 6.88. The summed E-state index contributed by atoms with van der Waals surface area (Å²) >= 11 is 0. The molecule has 0 N–H and O–H groups in total. The standard InChI is InChI=1S/C23H20FN3O2/c1-15-23(17-2-3-17)25-21-9-6-19(13-27(15)21)26-11-10-16(12-22(26)28)14-29-20-7-4-18(24)5-8-20/h4-13,17H,2-3,14H2,1H3. The van der Waals surface area contributed by atoms with Crippen molar-refractivity contribution < 1.29 is 9.13 Å². The quantitative estimate of drug-likeness (QED) is 0.509. The zero-order valence-electron chi connectivity index (χ0n) is 16.0. The van der Waals surface area contributed by atoms with Crippen LogP contribution in [0.1, 0.15) is 35.7 Å². The molecule has 6 heteroatoms. The molecule has 1 aromatic carbocycles. The lowest BCUT2D eigenvalue weighted by molar-refractivity contribution is 0.305. The van der Waals surface area contributed by atoms with Gasteiger partial charge in [-0.25, -0.2) is 9.37 Å². The number of pyridine rings is 2. The van der Waals surface area contributed by atoms with Crippen LogP contribution < -0.4 is 10.3 Å². The first-order valence-corrected chi connectivity index (χ1v) is 9.67. The van der Waals surface area contributed by atoms with Crippen molar-refractivity contribution >= 4 is 5.65 Å². The molecule has 0 atom stereocenters. The van der Waals surface area contributed by atoms with E-state index in [1.54, 1.807) is 29.0 Å². The Bertz CT molecular complexity index is 1250. The van der Waals surface area contributed by atoms with E-state index in [9.17, 15) is 9.18 Å². The van der Waals surface area contributed by atoms with Crippen LogP contribution in [-0.4, -0.2) is 14.0 Å². The van der Waals surface area contributed by atoms with Gasteiger partial charge in [-0.1, -0.05) is 0 Å². The summed E-state index contributed by atoms with van der Waals surface area (Å²) in [6, 6.07) is 13.1. The second-order valence-electron chi connectivity index (χ2n) is 7.46. The highest BCUT2D eigenvalue weighted by Gasteiger charge is 2.28. The van der Waals surface area contributed by atoms with Gasteiger partial charge in [0.05, 0.1) is 11.4 Å². The molecule has 3 aromatic heterocycles. The van der Waals surface area contributed by atoms with E-state index in [-0.39, 0.29) is 18.0 Å². The third-order valence-corrected chi connectivity index (χ3v) is 5.32. The molecule has 0 bridgehead atoms. The predicted molar refractivity (Wildman–Crippen MR) is 108 cm³/mol. The van der Waals surface area contributed by atoms with Crippen LogP contribution in [0.25, 0.3) is 11.3 Å². The molecule has 0 radical (unpaired) electrons. The summed E-state index contributed by atoms with van der Waals surface area (Å²) in [5, 5.41) is 0. The number of fused-ring (bicyclic) bond motifs is 1. The minimum Gasteiger partial charge on any atom is -0.489 e. The molecule has 0 saturated heterocycles. The molecular formula is C23H20FN3O2. The normalized spacial score (nSPS) is 13.7. The van der Waals surface area contributed by atoms with E-state index in [2.05, 4.69) is 11.3 Å². The van der Waals surface area contributed by atoms with Crippen molar-refractivity contribution in [2.75, 3.05) is 0 Å². The minimum atomic E-state index is -0.311. The molecule has 1 saturated carbocycles. The van der Waals surface area contributed by atoms with Crippen LogP contribution in [0.4, 0.5) is 4.39 Å². The first-order chi connectivity index (χ1) is 14.1. The summed E-state index contributed by atoms with van der Waals surface area (Å²) in [6.45, 7) is 2.32. The van der Waals surface area contributed by atoms with E-state index in [4.69, 9.17) is 9.72 Å². The molecule has 5 rings (SSSR count). The van der Waals surface area contributed by atoms with Crippen LogP contribution in [0, 0.1) is 12.7 Å². The highest BCUT2D eigenvalue weighted by atomic mass is 19.1. The number of benzene rings is 1. The number of hydrogen-bond acceptors (Lipinski definition) is 3. The second-order valence-corrected chi connectivity index (χ2v) is 7.46. The van der Waals surface area contributed by atoms with Crippen LogP contribution in [0.15, 0.2) is 65.7 Å². The predicted octanol–water partition coefficient (Wildman–Crippen LogP) is 4.39. The SMILES string of the molecule is Cc1c(C2CC2)nc2ccc(-n3ccc(COc4ccc(F)cc4)cc3=O)cn12. The van der Waals surface area contributed by atoms with Crippen molar-refractivity contribution in [3.63, 3.8) is 0 Å². The highest BCUT2D eigenvalue weighted by molar-refractivity contribution is 5.49. The highest BCUT2D eigenvalue weighted by Crippen LogP contribution is 2.41. The van der Waals surface area contributed by atoms with E-state index >= 15 is 0 Å². The Morgan fingerprint density at radius 1 is 1.14 bits per heavy atom. The van der Waals surface area contributed by atoms with Gasteiger partial charge in [0.1, 0.15) is 23.8 Å². The maximum absolute atomic E-state index is 13.0. The minimum absolute atomic E-state index is 0.134. The van der Waals surface area contributed by atoms with Crippen LogP contribution in [0.3, 0.4) is 0 Å². The summed E-state index contributed by atoms with van der Waals surface area (Å²) in [4.78, 5) is 17.4. The van der Waals surface area contributed by atoms with Crippen LogP contribution in [0.5, 0.6) is 5.75 Å². The first-order valence-electron chi connectivity index (χ1n) is 9.67. The number of ether oxygens (including phenoxy) is 1. The van der Waals surface area contributed by atoms with Gasteiger partial charge in [-0.05, 0) is 67.8 Å². The number of imidazole rings is 1. The van der Waals surface area contributed by atoms with Gasteiger partial charge >= 0.3 is 0 Å². The van der Waals surface area contributed by atoms with Crippen molar-refractivity contribution in [3.05, 3.63) is 94.0 Å². The van der Waals surface area contributed by atoms with Gasteiger partial charge < -0.3 is 9.14 Å². The van der Waals surface area contributed by atoms with Crippen molar-refractivity contribution in [2.45, 2.75) is 32.3 Å². The number of rotatable bonds is 5. The Balaban J connectivity index is 1.40. The topological polar surface area (TPSA) is 48.5 Å². The molecule has 5 nitrogen and oxygen atoms in total. The molecule has 0 amide bonds. The molecule has 1 aliphatic rings. The molecule has 1 fully saturated rings. The number of aromatic nitrogens is 3. The summed E-state index contributed by atoms with van der Waals surface area (Å²) in [6.07, 6.45) is 6.12. The fourth-order valence-electron chi connectivity index (χ4n) is 3.58. The van der Waals surface area contributed by atoms with Gasteiger partial charge in [-0.15, -0.1) is 0 Å². The summed E-state index contributed by atoms with van der Waals surface area (Å²) < 4.78 is 22.3. The average Bonchev–Trinajstić information content (AvgIpc) is 3.52. The Kier molecular flexibility index (Phi) is 4.19. The molecule has 3 heterocycles. The van der Waals surface area contributed by atoms with Crippen molar-refractivity contribution in [2.24, 2.45) is 0 Å². The lowest BCUT2D eigenvalue weighted by atomic mass is 10.2. The van der Waals surface area contributed by atoms with Gasteiger partial charge in [0.15, 0.2) is 0 Å². The summed E-state index contributed by atoms with van der Waals surface area (Å²) in [7, 11) is 0. The van der Waals surface area contributed by atoms with Gasteiger partial charge in [0.25, 0.3) is 5.56 Å². The van der Waals surface area contributed by atoms with Crippen molar-refractivity contribution in [1.82, 2.24) is 14.0 Å². The molecule has 29 heavy (non-hydrogen) atoms. The Hall–Kier alpha value is -3.41. The number of aryl methyl sites for hydroxylation is 1. The lowest BCUT2D eigenvalue weighted by Crippen LogP contribution is -2.18. The molecule has 0 spiro atoms. The van der Waals surface area contributed by atoms with Crippen molar-refractivity contribution in [3.8, 4) is 11.4 Å². The fraction of sp³-hybridized carbons (Fsp3) is 0.217. The lowest BCUT2D eigenvalue weighted by Gasteiger charge is -2.09. The fourth-order valence-corrected chi connectivity index (χ4v) is 3.58. The average molecular weight is 389 g/mol. The Labute approximate surface area is 167 Å². The van der Waals surface area contributed by atoms with E-state index < -0.39 is 0 Å². The zero-order chi connectivity index (χ0) is 20.0. The monoisotopic (exact) mass is 389 g/mol. The third-order valence-electron chi connectivity index (χ3n) is 5.32.